The normalized spacial score (nSPS) is 10.3. The number of rotatable bonds is 4. The second-order valence-electron chi connectivity index (χ2n) is 4.22. The Morgan fingerprint density at radius 1 is 1.37 bits per heavy atom. The number of carbonyl (C=O) groups excluding carboxylic acids is 1. The zero-order valence-electron chi connectivity index (χ0n) is 11.3. The van der Waals surface area contributed by atoms with Crippen LogP contribution in [0.25, 0.3) is 0 Å². The van der Waals surface area contributed by atoms with E-state index in [1.54, 1.807) is 23.7 Å². The average Bonchev–Trinajstić information content (AvgIpc) is 2.69. The Bertz CT molecular complexity index is 573. The summed E-state index contributed by atoms with van der Waals surface area (Å²) in [4.78, 5) is 11.5. The van der Waals surface area contributed by atoms with E-state index in [-0.39, 0.29) is 5.97 Å². The molecular weight excluding hydrogens is 242 g/mol. The number of benzene rings is 1. The van der Waals surface area contributed by atoms with E-state index in [0.717, 1.165) is 17.2 Å². The molecule has 19 heavy (non-hydrogen) atoms. The van der Waals surface area contributed by atoms with E-state index in [9.17, 15) is 4.79 Å². The second kappa shape index (κ2) is 5.56. The van der Waals surface area contributed by atoms with Crippen LogP contribution in [0, 0.1) is 6.92 Å². The second-order valence-corrected chi connectivity index (χ2v) is 4.22. The number of carbonyl (C=O) groups is 1. The molecule has 5 heteroatoms. The zero-order valence-corrected chi connectivity index (χ0v) is 11.3. The van der Waals surface area contributed by atoms with Crippen LogP contribution in [-0.4, -0.2) is 22.4 Å². The van der Waals surface area contributed by atoms with Gasteiger partial charge in [0, 0.05) is 18.8 Å². The molecule has 0 atom stereocenters. The highest BCUT2D eigenvalue weighted by Gasteiger charge is 2.06. The van der Waals surface area contributed by atoms with Crippen molar-refractivity contribution in [2.75, 3.05) is 11.9 Å². The highest BCUT2D eigenvalue weighted by atomic mass is 16.5. The Kier molecular flexibility index (Phi) is 3.85. The van der Waals surface area contributed by atoms with Crippen LogP contribution in [0.4, 0.5) is 11.5 Å². The predicted octanol–water partition coefficient (Wildman–Crippen LogP) is 2.65. The Hall–Kier alpha value is -2.30. The molecule has 0 aliphatic heterocycles. The van der Waals surface area contributed by atoms with Crippen molar-refractivity contribution in [3.8, 4) is 0 Å². The van der Waals surface area contributed by atoms with Gasteiger partial charge in [-0.25, -0.2) is 4.79 Å². The van der Waals surface area contributed by atoms with Gasteiger partial charge in [-0.3, -0.25) is 4.68 Å². The number of esters is 1. The van der Waals surface area contributed by atoms with Crippen LogP contribution in [0.1, 0.15) is 23.0 Å². The number of aromatic nitrogens is 2. The molecule has 0 unspecified atom stereocenters. The lowest BCUT2D eigenvalue weighted by Gasteiger charge is -2.07. The maximum Gasteiger partial charge on any atom is 0.338 e. The minimum atomic E-state index is -0.301. The molecular formula is C14H17N3O2. The van der Waals surface area contributed by atoms with Gasteiger partial charge in [0.1, 0.15) is 5.82 Å². The Labute approximate surface area is 112 Å². The molecule has 1 heterocycles. The first-order chi connectivity index (χ1) is 9.10. The van der Waals surface area contributed by atoms with Crippen molar-refractivity contribution < 1.29 is 9.53 Å². The van der Waals surface area contributed by atoms with Crippen LogP contribution < -0.4 is 5.32 Å². The summed E-state index contributed by atoms with van der Waals surface area (Å²) in [6.07, 6.45) is 0. The fraction of sp³-hybridized carbons (Fsp3) is 0.286. The fourth-order valence-corrected chi connectivity index (χ4v) is 1.78. The Morgan fingerprint density at radius 2 is 2.05 bits per heavy atom. The van der Waals surface area contributed by atoms with Crippen molar-refractivity contribution >= 4 is 17.5 Å². The van der Waals surface area contributed by atoms with E-state index in [0.29, 0.717) is 12.2 Å². The zero-order chi connectivity index (χ0) is 13.8. The van der Waals surface area contributed by atoms with Crippen molar-refractivity contribution in [2.24, 2.45) is 7.05 Å². The van der Waals surface area contributed by atoms with Gasteiger partial charge in [-0.15, -0.1) is 0 Å². The lowest BCUT2D eigenvalue weighted by atomic mass is 10.2. The molecule has 0 spiro atoms. The Balaban J connectivity index is 2.10. The third-order valence-electron chi connectivity index (χ3n) is 2.67. The largest absolute Gasteiger partial charge is 0.462 e. The van der Waals surface area contributed by atoms with Crippen molar-refractivity contribution in [1.29, 1.82) is 0 Å². The van der Waals surface area contributed by atoms with E-state index >= 15 is 0 Å². The SMILES string of the molecule is CCOC(=O)c1ccc(Nc2cc(C)nn2C)cc1. The molecule has 2 rings (SSSR count). The molecule has 0 aliphatic carbocycles. The third kappa shape index (κ3) is 3.13. The van der Waals surface area contributed by atoms with Gasteiger partial charge >= 0.3 is 5.97 Å². The van der Waals surface area contributed by atoms with Crippen molar-refractivity contribution in [3.63, 3.8) is 0 Å². The first-order valence-corrected chi connectivity index (χ1v) is 6.15. The minimum absolute atomic E-state index is 0.301. The molecule has 0 aliphatic rings. The van der Waals surface area contributed by atoms with Crippen molar-refractivity contribution in [1.82, 2.24) is 9.78 Å². The van der Waals surface area contributed by atoms with E-state index in [1.165, 1.54) is 0 Å². The van der Waals surface area contributed by atoms with Crippen LogP contribution in [0.5, 0.6) is 0 Å². The summed E-state index contributed by atoms with van der Waals surface area (Å²) in [5.74, 6) is 0.604. The van der Waals surface area contributed by atoms with Crippen LogP contribution in [-0.2, 0) is 11.8 Å². The highest BCUT2D eigenvalue weighted by molar-refractivity contribution is 5.89. The number of nitrogens with one attached hydrogen (secondary N) is 1. The lowest BCUT2D eigenvalue weighted by Crippen LogP contribution is -2.04. The molecule has 0 radical (unpaired) electrons. The summed E-state index contributed by atoms with van der Waals surface area (Å²) in [5, 5.41) is 7.50. The fourth-order valence-electron chi connectivity index (χ4n) is 1.78. The van der Waals surface area contributed by atoms with Gasteiger partial charge in [0.2, 0.25) is 0 Å². The van der Waals surface area contributed by atoms with Gasteiger partial charge in [0.05, 0.1) is 17.9 Å². The Morgan fingerprint density at radius 3 is 2.58 bits per heavy atom. The average molecular weight is 259 g/mol. The van der Waals surface area contributed by atoms with Crippen LogP contribution in [0.3, 0.4) is 0 Å². The maximum atomic E-state index is 11.5. The van der Waals surface area contributed by atoms with Gasteiger partial charge in [-0.1, -0.05) is 0 Å². The molecule has 1 N–H and O–H groups in total. The maximum absolute atomic E-state index is 11.5. The van der Waals surface area contributed by atoms with Crippen LogP contribution in [0.15, 0.2) is 30.3 Å². The van der Waals surface area contributed by atoms with Crippen molar-refractivity contribution in [3.05, 3.63) is 41.6 Å². The molecule has 100 valence electrons. The van der Waals surface area contributed by atoms with E-state index in [4.69, 9.17) is 4.74 Å². The summed E-state index contributed by atoms with van der Waals surface area (Å²) < 4.78 is 6.71. The highest BCUT2D eigenvalue weighted by Crippen LogP contribution is 2.17. The van der Waals surface area contributed by atoms with E-state index < -0.39 is 0 Å². The summed E-state index contributed by atoms with van der Waals surface area (Å²) in [7, 11) is 1.88. The first kappa shape index (κ1) is 13.1. The number of anilines is 2. The number of ether oxygens (including phenoxy) is 1. The molecule has 5 nitrogen and oxygen atoms in total. The molecule has 2 aromatic rings. The molecule has 0 bridgehead atoms. The minimum Gasteiger partial charge on any atom is -0.462 e. The number of nitrogens with zero attached hydrogens (tertiary/aromatic N) is 2. The summed E-state index contributed by atoms with van der Waals surface area (Å²) >= 11 is 0. The predicted molar refractivity (Wildman–Crippen MR) is 73.6 cm³/mol. The molecule has 0 amide bonds. The van der Waals surface area contributed by atoms with Gasteiger partial charge in [-0.2, -0.15) is 5.10 Å². The van der Waals surface area contributed by atoms with E-state index in [2.05, 4.69) is 10.4 Å². The van der Waals surface area contributed by atoms with Gasteiger partial charge in [0.15, 0.2) is 0 Å². The number of hydrogen-bond donors (Lipinski definition) is 1. The summed E-state index contributed by atoms with van der Waals surface area (Å²) in [6.45, 7) is 4.11. The molecule has 0 saturated heterocycles. The summed E-state index contributed by atoms with van der Waals surface area (Å²) in [5.41, 5.74) is 2.40. The van der Waals surface area contributed by atoms with Crippen molar-refractivity contribution in [2.45, 2.75) is 13.8 Å². The van der Waals surface area contributed by atoms with Gasteiger partial charge in [-0.05, 0) is 38.1 Å². The number of hydrogen-bond acceptors (Lipinski definition) is 4. The quantitative estimate of drug-likeness (QED) is 0.858. The molecule has 1 aromatic carbocycles. The molecule has 1 aromatic heterocycles. The van der Waals surface area contributed by atoms with E-state index in [1.807, 2.05) is 32.2 Å². The first-order valence-electron chi connectivity index (χ1n) is 6.15. The van der Waals surface area contributed by atoms with Gasteiger partial charge in [0.25, 0.3) is 0 Å². The van der Waals surface area contributed by atoms with Crippen LogP contribution >= 0.6 is 0 Å². The van der Waals surface area contributed by atoms with Crippen LogP contribution in [0.2, 0.25) is 0 Å². The topological polar surface area (TPSA) is 56.1 Å². The lowest BCUT2D eigenvalue weighted by molar-refractivity contribution is 0.0526. The smallest absolute Gasteiger partial charge is 0.338 e. The monoisotopic (exact) mass is 259 g/mol. The standard InChI is InChI=1S/C14H17N3O2/c1-4-19-14(18)11-5-7-12(8-6-11)15-13-9-10(2)16-17(13)3/h5-9,15H,4H2,1-3H3. The molecule has 0 saturated carbocycles. The third-order valence-corrected chi connectivity index (χ3v) is 2.67. The number of aryl methyl sites for hydroxylation is 2. The van der Waals surface area contributed by atoms with Gasteiger partial charge < -0.3 is 10.1 Å². The molecule has 0 fully saturated rings. The summed E-state index contributed by atoms with van der Waals surface area (Å²) in [6, 6.07) is 9.12.